The lowest BCUT2D eigenvalue weighted by atomic mass is 9.71. The van der Waals surface area contributed by atoms with Crippen LogP contribution in [0.3, 0.4) is 0 Å². The maximum atomic E-state index is 9.96. The van der Waals surface area contributed by atoms with E-state index in [9.17, 15) is 10.2 Å². The predicted octanol–water partition coefficient (Wildman–Crippen LogP) is 5.17. The van der Waals surface area contributed by atoms with E-state index < -0.39 is 0 Å². The molecule has 2 heteroatoms. The number of rotatable bonds is 14. The van der Waals surface area contributed by atoms with Crippen LogP contribution in [-0.4, -0.2) is 23.4 Å². The molecule has 0 aliphatic carbocycles. The molecular formula is C19H40O2. The molecule has 0 bridgehead atoms. The summed E-state index contributed by atoms with van der Waals surface area (Å²) < 4.78 is 0. The molecule has 0 aliphatic rings. The molecule has 0 spiro atoms. The maximum absolute atomic E-state index is 9.96. The molecule has 0 rings (SSSR count). The summed E-state index contributed by atoms with van der Waals surface area (Å²) in [4.78, 5) is 0. The smallest absolute Gasteiger partial charge is 0.0509 e. The minimum Gasteiger partial charge on any atom is -0.396 e. The molecule has 0 aromatic rings. The van der Waals surface area contributed by atoms with Gasteiger partial charge in [0.2, 0.25) is 0 Å². The van der Waals surface area contributed by atoms with Crippen molar-refractivity contribution in [3.63, 3.8) is 0 Å². The standard InChI is InChI=1S/C19H40O2/c1-5-9-11-17(7-3)13-19(15-20,16-21)14-18(8-4)12-10-6-2/h17-18,20-21H,5-16H2,1-4H3. The third-order valence-electron chi connectivity index (χ3n) is 5.20. The molecule has 0 heterocycles. The normalized spacial score (nSPS) is 15.1. The van der Waals surface area contributed by atoms with Crippen molar-refractivity contribution in [3.05, 3.63) is 0 Å². The highest BCUT2D eigenvalue weighted by molar-refractivity contribution is 4.83. The summed E-state index contributed by atoms with van der Waals surface area (Å²) in [5.74, 6) is 1.29. The Morgan fingerprint density at radius 3 is 1.33 bits per heavy atom. The first kappa shape index (κ1) is 20.9. The van der Waals surface area contributed by atoms with E-state index in [1.807, 2.05) is 0 Å². The van der Waals surface area contributed by atoms with Crippen LogP contribution >= 0.6 is 0 Å². The number of hydrogen-bond acceptors (Lipinski definition) is 2. The Labute approximate surface area is 133 Å². The van der Waals surface area contributed by atoms with Gasteiger partial charge in [0.25, 0.3) is 0 Å². The summed E-state index contributed by atoms with van der Waals surface area (Å²) in [6.07, 6.45) is 11.8. The van der Waals surface area contributed by atoms with Gasteiger partial charge < -0.3 is 10.2 Å². The van der Waals surface area contributed by atoms with E-state index >= 15 is 0 Å². The first-order chi connectivity index (χ1) is 10.1. The zero-order valence-corrected chi connectivity index (χ0v) is 15.0. The van der Waals surface area contributed by atoms with E-state index in [0.717, 1.165) is 25.7 Å². The topological polar surface area (TPSA) is 40.5 Å². The summed E-state index contributed by atoms with van der Waals surface area (Å²) in [6, 6.07) is 0. The Balaban J connectivity index is 4.70. The second-order valence-corrected chi connectivity index (χ2v) is 7.06. The van der Waals surface area contributed by atoms with Gasteiger partial charge in [-0.05, 0) is 24.7 Å². The van der Waals surface area contributed by atoms with Gasteiger partial charge in [0, 0.05) is 5.41 Å². The van der Waals surface area contributed by atoms with E-state index in [1.165, 1.54) is 38.5 Å². The number of hydrogen-bond donors (Lipinski definition) is 2. The summed E-state index contributed by atoms with van der Waals surface area (Å²) in [5, 5.41) is 19.9. The van der Waals surface area contributed by atoms with Crippen LogP contribution in [0.15, 0.2) is 0 Å². The van der Waals surface area contributed by atoms with Crippen LogP contribution in [0.1, 0.15) is 91.9 Å². The summed E-state index contributed by atoms with van der Waals surface area (Å²) in [5.41, 5.74) is -0.261. The van der Waals surface area contributed by atoms with E-state index in [-0.39, 0.29) is 18.6 Å². The Hall–Kier alpha value is -0.0800. The van der Waals surface area contributed by atoms with E-state index in [4.69, 9.17) is 0 Å². The molecule has 21 heavy (non-hydrogen) atoms. The molecule has 0 aliphatic heterocycles. The molecule has 2 atom stereocenters. The van der Waals surface area contributed by atoms with Gasteiger partial charge in [-0.2, -0.15) is 0 Å². The van der Waals surface area contributed by atoms with Crippen molar-refractivity contribution in [1.29, 1.82) is 0 Å². The lowest BCUT2D eigenvalue weighted by Crippen LogP contribution is -2.34. The lowest BCUT2D eigenvalue weighted by molar-refractivity contribution is 0.00905. The highest BCUT2D eigenvalue weighted by atomic mass is 16.3. The molecule has 0 aromatic carbocycles. The van der Waals surface area contributed by atoms with Crippen LogP contribution in [0.5, 0.6) is 0 Å². The second kappa shape index (κ2) is 12.5. The van der Waals surface area contributed by atoms with Crippen LogP contribution in [0.4, 0.5) is 0 Å². The molecule has 2 nitrogen and oxygen atoms in total. The minimum absolute atomic E-state index is 0.134. The van der Waals surface area contributed by atoms with Crippen LogP contribution in [0, 0.1) is 17.3 Å². The molecule has 128 valence electrons. The highest BCUT2D eigenvalue weighted by Crippen LogP contribution is 2.38. The van der Waals surface area contributed by atoms with Gasteiger partial charge in [-0.25, -0.2) is 0 Å². The Bertz CT molecular complexity index is 204. The van der Waals surface area contributed by atoms with Crippen LogP contribution in [0.2, 0.25) is 0 Å². The minimum atomic E-state index is -0.261. The SMILES string of the molecule is CCCCC(CC)CC(CO)(CO)CC(CC)CCCC. The quantitative estimate of drug-likeness (QED) is 0.464. The Kier molecular flexibility index (Phi) is 12.4. The van der Waals surface area contributed by atoms with E-state index in [2.05, 4.69) is 27.7 Å². The third-order valence-corrected chi connectivity index (χ3v) is 5.20. The third kappa shape index (κ3) is 8.21. The molecule has 0 amide bonds. The van der Waals surface area contributed by atoms with Crippen molar-refractivity contribution in [2.45, 2.75) is 91.9 Å². The first-order valence-electron chi connectivity index (χ1n) is 9.32. The maximum Gasteiger partial charge on any atom is 0.0509 e. The van der Waals surface area contributed by atoms with Gasteiger partial charge in [0.1, 0.15) is 0 Å². The summed E-state index contributed by atoms with van der Waals surface area (Å²) in [6.45, 7) is 9.22. The van der Waals surface area contributed by atoms with Gasteiger partial charge >= 0.3 is 0 Å². The lowest BCUT2D eigenvalue weighted by Gasteiger charge is -2.36. The molecule has 2 unspecified atom stereocenters. The monoisotopic (exact) mass is 300 g/mol. The highest BCUT2D eigenvalue weighted by Gasteiger charge is 2.33. The van der Waals surface area contributed by atoms with Gasteiger partial charge in [-0.3, -0.25) is 0 Å². The second-order valence-electron chi connectivity index (χ2n) is 7.06. The molecule has 0 aromatic heterocycles. The van der Waals surface area contributed by atoms with E-state index in [0.29, 0.717) is 11.8 Å². The molecular weight excluding hydrogens is 260 g/mol. The molecule has 0 saturated carbocycles. The van der Waals surface area contributed by atoms with Gasteiger partial charge in [-0.1, -0.05) is 79.1 Å². The average Bonchev–Trinajstić information content (AvgIpc) is 2.53. The van der Waals surface area contributed by atoms with Gasteiger partial charge in [0.15, 0.2) is 0 Å². The summed E-state index contributed by atoms with van der Waals surface area (Å²) >= 11 is 0. The average molecular weight is 301 g/mol. The van der Waals surface area contributed by atoms with Crippen molar-refractivity contribution in [1.82, 2.24) is 0 Å². The summed E-state index contributed by atoms with van der Waals surface area (Å²) in [7, 11) is 0. The van der Waals surface area contributed by atoms with E-state index in [1.54, 1.807) is 0 Å². The Morgan fingerprint density at radius 2 is 1.10 bits per heavy atom. The van der Waals surface area contributed by atoms with Crippen LogP contribution < -0.4 is 0 Å². The number of unbranched alkanes of at least 4 members (excludes halogenated alkanes) is 2. The first-order valence-corrected chi connectivity index (χ1v) is 9.32. The predicted molar refractivity (Wildman–Crippen MR) is 92.5 cm³/mol. The van der Waals surface area contributed by atoms with Crippen molar-refractivity contribution < 1.29 is 10.2 Å². The van der Waals surface area contributed by atoms with Gasteiger partial charge in [0.05, 0.1) is 13.2 Å². The fourth-order valence-electron chi connectivity index (χ4n) is 3.50. The zero-order chi connectivity index (χ0) is 16.1. The van der Waals surface area contributed by atoms with Crippen LogP contribution in [0.25, 0.3) is 0 Å². The fourth-order valence-corrected chi connectivity index (χ4v) is 3.50. The van der Waals surface area contributed by atoms with Crippen molar-refractivity contribution >= 4 is 0 Å². The largest absolute Gasteiger partial charge is 0.396 e. The fraction of sp³-hybridized carbons (Fsp3) is 1.00. The number of aliphatic hydroxyl groups excluding tert-OH is 2. The Morgan fingerprint density at radius 1 is 0.714 bits per heavy atom. The molecule has 0 radical (unpaired) electrons. The zero-order valence-electron chi connectivity index (χ0n) is 15.0. The number of aliphatic hydroxyl groups is 2. The molecule has 2 N–H and O–H groups in total. The molecule has 0 saturated heterocycles. The van der Waals surface area contributed by atoms with Crippen LogP contribution in [-0.2, 0) is 0 Å². The molecule has 0 fully saturated rings. The van der Waals surface area contributed by atoms with Crippen molar-refractivity contribution in [3.8, 4) is 0 Å². The van der Waals surface area contributed by atoms with Crippen molar-refractivity contribution in [2.75, 3.05) is 13.2 Å². The van der Waals surface area contributed by atoms with Gasteiger partial charge in [-0.15, -0.1) is 0 Å². The van der Waals surface area contributed by atoms with Crippen molar-refractivity contribution in [2.24, 2.45) is 17.3 Å².